The molecule has 0 bridgehead atoms. The quantitative estimate of drug-likeness (QED) is 0.552. The zero-order chi connectivity index (χ0) is 14.9. The van der Waals surface area contributed by atoms with E-state index in [4.69, 9.17) is 4.74 Å². The van der Waals surface area contributed by atoms with Crippen LogP contribution >= 0.6 is 0 Å². The van der Waals surface area contributed by atoms with Gasteiger partial charge in [0.1, 0.15) is 0 Å². The summed E-state index contributed by atoms with van der Waals surface area (Å²) < 4.78 is 5.40. The van der Waals surface area contributed by atoms with Gasteiger partial charge in [0.25, 0.3) is 0 Å². The molecule has 3 aliphatic rings. The fourth-order valence-electron chi connectivity index (χ4n) is 4.42. The van der Waals surface area contributed by atoms with Crippen molar-refractivity contribution in [1.82, 2.24) is 9.80 Å². The largest absolute Gasteiger partial charge is 0.381 e. The molecule has 3 fully saturated rings. The normalized spacial score (nSPS) is 31.2. The lowest BCUT2D eigenvalue weighted by atomic mass is 9.59. The second-order valence-electron chi connectivity index (χ2n) is 7.45. The number of methoxy groups -OCH3 is 1. The van der Waals surface area contributed by atoms with E-state index in [0.717, 1.165) is 18.5 Å². The van der Waals surface area contributed by atoms with Gasteiger partial charge in [-0.15, -0.1) is 11.8 Å². The van der Waals surface area contributed by atoms with E-state index in [1.54, 1.807) is 0 Å². The van der Waals surface area contributed by atoms with Gasteiger partial charge in [-0.25, -0.2) is 0 Å². The predicted octanol–water partition coefficient (Wildman–Crippen LogP) is 2.36. The second kappa shape index (κ2) is 6.28. The van der Waals surface area contributed by atoms with Crippen molar-refractivity contribution in [3.05, 3.63) is 0 Å². The Kier molecular flexibility index (Phi) is 4.59. The van der Waals surface area contributed by atoms with E-state index in [1.807, 2.05) is 14.0 Å². The van der Waals surface area contributed by atoms with Gasteiger partial charge >= 0.3 is 0 Å². The standard InChI is InChI=1S/C18H30N2O/c1-4-5-6-7-8-20-13-18(14-20)11-16(12-18)19(2)15-9-17(10-15)21-3/h15-17H,6-14H2,1-3H3/t15-,17-. The van der Waals surface area contributed by atoms with Gasteiger partial charge in [0, 0.05) is 38.7 Å². The van der Waals surface area contributed by atoms with Crippen molar-refractivity contribution in [1.29, 1.82) is 0 Å². The minimum Gasteiger partial charge on any atom is -0.381 e. The van der Waals surface area contributed by atoms with Crippen molar-refractivity contribution in [3.8, 4) is 11.8 Å². The van der Waals surface area contributed by atoms with Crippen molar-refractivity contribution in [2.75, 3.05) is 33.8 Å². The predicted molar refractivity (Wildman–Crippen MR) is 86.2 cm³/mol. The summed E-state index contributed by atoms with van der Waals surface area (Å²) in [6.07, 6.45) is 8.14. The van der Waals surface area contributed by atoms with Gasteiger partial charge in [-0.1, -0.05) is 0 Å². The van der Waals surface area contributed by atoms with Crippen molar-refractivity contribution in [3.63, 3.8) is 0 Å². The summed E-state index contributed by atoms with van der Waals surface area (Å²) in [5, 5.41) is 0. The van der Waals surface area contributed by atoms with Gasteiger partial charge in [-0.05, 0) is 58.0 Å². The molecule has 0 N–H and O–H groups in total. The maximum Gasteiger partial charge on any atom is 0.0601 e. The third-order valence-corrected chi connectivity index (χ3v) is 5.96. The van der Waals surface area contributed by atoms with Crippen LogP contribution in [0, 0.1) is 17.3 Å². The first-order chi connectivity index (χ1) is 10.2. The summed E-state index contributed by atoms with van der Waals surface area (Å²) in [6.45, 7) is 5.85. The van der Waals surface area contributed by atoms with E-state index in [1.165, 1.54) is 51.7 Å². The molecule has 118 valence electrons. The van der Waals surface area contributed by atoms with E-state index in [-0.39, 0.29) is 0 Å². The molecular formula is C18H30N2O. The lowest BCUT2D eigenvalue weighted by Gasteiger charge is -2.62. The summed E-state index contributed by atoms with van der Waals surface area (Å²) in [4.78, 5) is 5.26. The molecule has 3 rings (SSSR count). The van der Waals surface area contributed by atoms with Gasteiger partial charge in [0.2, 0.25) is 0 Å². The maximum absolute atomic E-state index is 5.40. The Balaban J connectivity index is 1.31. The molecule has 1 spiro atoms. The Labute approximate surface area is 130 Å². The SMILES string of the molecule is CC#CCCCN1CC2(CC(N(C)[C@H]3C[C@H](OC)C3)C2)C1. The Hall–Kier alpha value is -0.560. The molecule has 1 aliphatic heterocycles. The number of nitrogens with zero attached hydrogens (tertiary/aromatic N) is 2. The molecule has 0 atom stereocenters. The minimum atomic E-state index is 0.525. The lowest BCUT2D eigenvalue weighted by Crippen LogP contribution is -2.67. The smallest absolute Gasteiger partial charge is 0.0601 e. The fourth-order valence-corrected chi connectivity index (χ4v) is 4.42. The highest BCUT2D eigenvalue weighted by Gasteiger charge is 2.54. The minimum absolute atomic E-state index is 0.525. The molecule has 2 saturated carbocycles. The summed E-state index contributed by atoms with van der Waals surface area (Å²) in [6, 6.07) is 1.61. The molecular weight excluding hydrogens is 260 g/mol. The van der Waals surface area contributed by atoms with E-state index in [9.17, 15) is 0 Å². The van der Waals surface area contributed by atoms with Crippen LogP contribution in [-0.4, -0.2) is 61.8 Å². The molecule has 1 saturated heterocycles. The topological polar surface area (TPSA) is 15.7 Å². The first-order valence-corrected chi connectivity index (χ1v) is 8.52. The molecule has 3 heteroatoms. The van der Waals surface area contributed by atoms with Gasteiger partial charge in [0.05, 0.1) is 6.10 Å². The summed E-state index contributed by atoms with van der Waals surface area (Å²) >= 11 is 0. The molecule has 0 aromatic heterocycles. The summed E-state index contributed by atoms with van der Waals surface area (Å²) in [5.41, 5.74) is 0.680. The van der Waals surface area contributed by atoms with Crippen LogP contribution in [0.3, 0.4) is 0 Å². The highest BCUT2D eigenvalue weighted by Crippen LogP contribution is 2.51. The van der Waals surface area contributed by atoms with Crippen LogP contribution in [0.15, 0.2) is 0 Å². The van der Waals surface area contributed by atoms with Gasteiger partial charge in [0.15, 0.2) is 0 Å². The van der Waals surface area contributed by atoms with Gasteiger partial charge in [-0.3, -0.25) is 0 Å². The molecule has 0 radical (unpaired) electrons. The highest BCUT2D eigenvalue weighted by atomic mass is 16.5. The van der Waals surface area contributed by atoms with Crippen LogP contribution in [0.1, 0.15) is 45.4 Å². The molecule has 0 amide bonds. The number of unbranched alkanes of at least 4 members (excludes halogenated alkanes) is 1. The van der Waals surface area contributed by atoms with Crippen molar-refractivity contribution in [2.24, 2.45) is 5.41 Å². The molecule has 1 heterocycles. The monoisotopic (exact) mass is 290 g/mol. The fraction of sp³-hybridized carbons (Fsp3) is 0.889. The van der Waals surface area contributed by atoms with Crippen LogP contribution in [-0.2, 0) is 4.74 Å². The van der Waals surface area contributed by atoms with Crippen LogP contribution < -0.4 is 0 Å². The number of hydrogen-bond acceptors (Lipinski definition) is 3. The highest BCUT2D eigenvalue weighted by molar-refractivity contribution is 5.08. The van der Waals surface area contributed by atoms with Gasteiger partial charge in [-0.2, -0.15) is 0 Å². The van der Waals surface area contributed by atoms with E-state index in [0.29, 0.717) is 11.5 Å². The number of ether oxygens (including phenoxy) is 1. The summed E-state index contributed by atoms with van der Waals surface area (Å²) in [7, 11) is 4.17. The number of rotatable bonds is 6. The van der Waals surface area contributed by atoms with Crippen molar-refractivity contribution < 1.29 is 4.74 Å². The Morgan fingerprint density at radius 3 is 2.57 bits per heavy atom. The molecule has 2 aliphatic carbocycles. The zero-order valence-corrected chi connectivity index (χ0v) is 13.9. The van der Waals surface area contributed by atoms with E-state index in [2.05, 4.69) is 28.7 Å². The number of likely N-dealkylation sites (tertiary alicyclic amines) is 1. The summed E-state index contributed by atoms with van der Waals surface area (Å²) in [5.74, 6) is 6.14. The lowest BCUT2D eigenvalue weighted by molar-refractivity contribution is -0.128. The first-order valence-electron chi connectivity index (χ1n) is 8.52. The Morgan fingerprint density at radius 2 is 1.95 bits per heavy atom. The van der Waals surface area contributed by atoms with E-state index >= 15 is 0 Å². The van der Waals surface area contributed by atoms with Crippen LogP contribution in [0.4, 0.5) is 0 Å². The van der Waals surface area contributed by atoms with Crippen molar-refractivity contribution in [2.45, 2.75) is 63.6 Å². The number of hydrogen-bond donors (Lipinski definition) is 0. The van der Waals surface area contributed by atoms with Crippen LogP contribution in [0.25, 0.3) is 0 Å². The Bertz CT molecular complexity index is 405. The average Bonchev–Trinajstić information content (AvgIpc) is 2.32. The average molecular weight is 290 g/mol. The molecule has 0 aromatic carbocycles. The zero-order valence-electron chi connectivity index (χ0n) is 13.9. The third-order valence-electron chi connectivity index (χ3n) is 5.96. The molecule has 0 unspecified atom stereocenters. The van der Waals surface area contributed by atoms with Gasteiger partial charge < -0.3 is 14.5 Å². The second-order valence-corrected chi connectivity index (χ2v) is 7.45. The van der Waals surface area contributed by atoms with Crippen LogP contribution in [0.2, 0.25) is 0 Å². The molecule has 0 aromatic rings. The molecule has 21 heavy (non-hydrogen) atoms. The van der Waals surface area contributed by atoms with Crippen molar-refractivity contribution >= 4 is 0 Å². The third kappa shape index (κ3) is 3.13. The molecule has 3 nitrogen and oxygen atoms in total. The van der Waals surface area contributed by atoms with Crippen LogP contribution in [0.5, 0.6) is 0 Å². The maximum atomic E-state index is 5.40. The first kappa shape index (κ1) is 15.3. The van der Waals surface area contributed by atoms with E-state index < -0.39 is 0 Å². The Morgan fingerprint density at radius 1 is 1.24 bits per heavy atom.